The van der Waals surface area contributed by atoms with Gasteiger partial charge in [-0.05, 0) is 70.9 Å². The highest BCUT2D eigenvalue weighted by Gasteiger charge is 2.18. The molecule has 13 heteroatoms. The first-order valence-electron chi connectivity index (χ1n) is 16.1. The van der Waals surface area contributed by atoms with Crippen molar-refractivity contribution in [3.63, 3.8) is 0 Å². The fraction of sp³-hybridized carbons (Fsp3) is 0.132. The molecule has 0 bridgehead atoms. The van der Waals surface area contributed by atoms with Gasteiger partial charge in [0.1, 0.15) is 18.2 Å². The second-order valence-corrected chi connectivity index (χ2v) is 15.0. The molecule has 0 aliphatic carbocycles. The summed E-state index contributed by atoms with van der Waals surface area (Å²) in [6, 6.07) is 37.3. The van der Waals surface area contributed by atoms with Crippen LogP contribution >= 0.6 is 46.5 Å². The lowest BCUT2D eigenvalue weighted by Crippen LogP contribution is -2.29. The van der Waals surface area contributed by atoms with Gasteiger partial charge in [0.05, 0.1) is 28.3 Å². The number of nitrogens with one attached hydrogen (secondary N) is 2. The largest absolute Gasteiger partial charge is 0.492 e. The molecule has 0 aliphatic heterocycles. The Morgan fingerprint density at radius 1 is 0.824 bits per heavy atom. The molecule has 51 heavy (non-hydrogen) atoms. The molecule has 2 N–H and O–H groups in total. The van der Waals surface area contributed by atoms with Gasteiger partial charge in [-0.1, -0.05) is 95.8 Å². The molecule has 0 spiro atoms. The van der Waals surface area contributed by atoms with Crippen molar-refractivity contribution in [2.24, 2.45) is 0 Å². The topological polar surface area (TPSA) is 111 Å². The van der Waals surface area contributed by atoms with Gasteiger partial charge in [-0.3, -0.25) is 14.2 Å². The van der Waals surface area contributed by atoms with E-state index in [0.717, 1.165) is 31.6 Å². The van der Waals surface area contributed by atoms with Gasteiger partial charge in [-0.25, -0.2) is 4.98 Å². The Kier molecular flexibility index (Phi) is 11.1. The van der Waals surface area contributed by atoms with E-state index in [-0.39, 0.29) is 23.3 Å². The van der Waals surface area contributed by atoms with Crippen LogP contribution in [0.4, 0.5) is 5.69 Å². The summed E-state index contributed by atoms with van der Waals surface area (Å²) >= 11 is 10.1. The fourth-order valence-electron chi connectivity index (χ4n) is 5.40. The van der Waals surface area contributed by atoms with Crippen LogP contribution in [-0.2, 0) is 16.0 Å². The molecule has 0 fully saturated rings. The number of aromatic nitrogens is 4. The van der Waals surface area contributed by atoms with E-state index in [0.29, 0.717) is 41.2 Å². The summed E-state index contributed by atoms with van der Waals surface area (Å²) in [6.07, 6.45) is 0.593. The average Bonchev–Trinajstić information content (AvgIpc) is 3.76. The standard InChI is InChI=1S/C38H31ClN6O3S3/c39-27-13-16-30(17-14-27)48-20-19-40-35(46)23-50-38-42-32-18-15-28(22-33(32)51-38)41-36(47)24-49-37-44-43-34(45(37)29-10-2-1-3-11-29)21-26-9-6-8-25-7-4-5-12-31(25)26/h1-18,22H,19-21,23-24H2,(H,40,46)(H,41,47). The molecule has 0 radical (unpaired) electrons. The van der Waals surface area contributed by atoms with Crippen LogP contribution in [-0.4, -0.2) is 56.2 Å². The fourth-order valence-corrected chi connectivity index (χ4v) is 8.23. The van der Waals surface area contributed by atoms with Crippen molar-refractivity contribution in [1.29, 1.82) is 0 Å². The first-order chi connectivity index (χ1) is 25.0. The van der Waals surface area contributed by atoms with Gasteiger partial charge in [-0.15, -0.1) is 21.5 Å². The minimum atomic E-state index is -0.159. The maximum Gasteiger partial charge on any atom is 0.234 e. The van der Waals surface area contributed by atoms with E-state index in [4.69, 9.17) is 16.3 Å². The quantitative estimate of drug-likeness (QED) is 0.0844. The Bertz CT molecular complexity index is 2290. The van der Waals surface area contributed by atoms with Crippen molar-refractivity contribution >= 4 is 85.0 Å². The molecule has 0 saturated carbocycles. The average molecular weight is 751 g/mol. The van der Waals surface area contributed by atoms with Gasteiger partial charge in [0.2, 0.25) is 11.8 Å². The molecule has 0 aliphatic rings. The first-order valence-corrected chi connectivity index (χ1v) is 19.2. The van der Waals surface area contributed by atoms with Crippen molar-refractivity contribution in [2.75, 3.05) is 30.0 Å². The summed E-state index contributed by atoms with van der Waals surface area (Å²) in [5, 5.41) is 18.6. The molecule has 2 aromatic heterocycles. The van der Waals surface area contributed by atoms with Crippen molar-refractivity contribution in [3.05, 3.63) is 132 Å². The molecule has 0 saturated heterocycles. The molecule has 5 aromatic carbocycles. The molecule has 7 aromatic rings. The zero-order valence-electron chi connectivity index (χ0n) is 27.1. The number of fused-ring (bicyclic) bond motifs is 2. The maximum absolute atomic E-state index is 13.1. The van der Waals surface area contributed by atoms with Crippen LogP contribution in [0.25, 0.3) is 26.7 Å². The van der Waals surface area contributed by atoms with Crippen molar-refractivity contribution < 1.29 is 14.3 Å². The predicted molar refractivity (Wildman–Crippen MR) is 208 cm³/mol. The van der Waals surface area contributed by atoms with Crippen LogP contribution in [0, 0.1) is 0 Å². The Morgan fingerprint density at radius 3 is 2.47 bits per heavy atom. The summed E-state index contributed by atoms with van der Waals surface area (Å²) in [5.41, 5.74) is 3.58. The second kappa shape index (κ2) is 16.4. The maximum atomic E-state index is 13.1. The Labute approximate surface area is 311 Å². The highest BCUT2D eigenvalue weighted by molar-refractivity contribution is 8.01. The normalized spacial score (nSPS) is 11.2. The number of thioether (sulfide) groups is 2. The number of hydrogen-bond acceptors (Lipinski definition) is 9. The van der Waals surface area contributed by atoms with Crippen molar-refractivity contribution in [1.82, 2.24) is 25.1 Å². The van der Waals surface area contributed by atoms with Crippen molar-refractivity contribution in [3.8, 4) is 11.4 Å². The van der Waals surface area contributed by atoms with E-state index < -0.39 is 0 Å². The van der Waals surface area contributed by atoms with E-state index in [1.165, 1.54) is 45.6 Å². The Hall–Kier alpha value is -4.88. The number of nitrogens with zero attached hydrogens (tertiary/aromatic N) is 4. The number of carbonyl (C=O) groups is 2. The highest BCUT2D eigenvalue weighted by Crippen LogP contribution is 2.32. The summed E-state index contributed by atoms with van der Waals surface area (Å²) in [4.78, 5) is 30.1. The molecule has 0 atom stereocenters. The molecular formula is C38H31ClN6O3S3. The van der Waals surface area contributed by atoms with Gasteiger partial charge >= 0.3 is 0 Å². The number of para-hydroxylation sites is 1. The van der Waals surface area contributed by atoms with E-state index >= 15 is 0 Å². The van der Waals surface area contributed by atoms with E-state index in [1.54, 1.807) is 24.3 Å². The number of anilines is 1. The number of rotatable bonds is 14. The second-order valence-electron chi connectivity index (χ2n) is 11.3. The third kappa shape index (κ3) is 8.89. The lowest BCUT2D eigenvalue weighted by Gasteiger charge is -2.11. The Morgan fingerprint density at radius 2 is 1.61 bits per heavy atom. The lowest BCUT2D eigenvalue weighted by molar-refractivity contribution is -0.118. The number of amides is 2. The SMILES string of the molecule is O=C(CSc1nc2ccc(NC(=O)CSc3nnc(Cc4cccc5ccccc45)n3-c3ccccc3)cc2s1)NCCOc1ccc(Cl)cc1. The molecular weight excluding hydrogens is 720 g/mol. The third-order valence-electron chi connectivity index (χ3n) is 7.76. The zero-order chi connectivity index (χ0) is 35.0. The van der Waals surface area contributed by atoms with E-state index in [2.05, 4.69) is 56.1 Å². The minimum absolute atomic E-state index is 0.104. The van der Waals surface area contributed by atoms with Crippen LogP contribution < -0.4 is 15.4 Å². The number of benzene rings is 5. The molecule has 7 rings (SSSR count). The zero-order valence-corrected chi connectivity index (χ0v) is 30.3. The van der Waals surface area contributed by atoms with Gasteiger partial charge < -0.3 is 15.4 Å². The number of hydrogen-bond donors (Lipinski definition) is 2. The van der Waals surface area contributed by atoms with Crippen LogP contribution in [0.1, 0.15) is 11.4 Å². The smallest absolute Gasteiger partial charge is 0.234 e. The lowest BCUT2D eigenvalue weighted by atomic mass is 10.0. The monoisotopic (exact) mass is 750 g/mol. The van der Waals surface area contributed by atoms with Gasteiger partial charge in [-0.2, -0.15) is 0 Å². The molecule has 9 nitrogen and oxygen atoms in total. The molecule has 2 heterocycles. The summed E-state index contributed by atoms with van der Waals surface area (Å²) in [6.45, 7) is 0.742. The summed E-state index contributed by atoms with van der Waals surface area (Å²) in [7, 11) is 0. The van der Waals surface area contributed by atoms with Crippen LogP contribution in [0.15, 0.2) is 125 Å². The van der Waals surface area contributed by atoms with Crippen LogP contribution in [0.2, 0.25) is 5.02 Å². The Balaban J connectivity index is 0.940. The number of ether oxygens (including phenoxy) is 1. The minimum Gasteiger partial charge on any atom is -0.492 e. The van der Waals surface area contributed by atoms with Gasteiger partial charge in [0, 0.05) is 22.8 Å². The third-order valence-corrected chi connectivity index (χ3v) is 11.1. The summed E-state index contributed by atoms with van der Waals surface area (Å²) in [5.74, 6) is 1.62. The summed E-state index contributed by atoms with van der Waals surface area (Å²) < 4.78 is 9.34. The van der Waals surface area contributed by atoms with Gasteiger partial charge in [0.25, 0.3) is 0 Å². The number of halogens is 1. The van der Waals surface area contributed by atoms with Gasteiger partial charge in [0.15, 0.2) is 9.50 Å². The van der Waals surface area contributed by atoms with Crippen molar-refractivity contribution in [2.45, 2.75) is 15.9 Å². The van der Waals surface area contributed by atoms with E-state index in [1.807, 2.05) is 65.2 Å². The van der Waals surface area contributed by atoms with Crippen LogP contribution in [0.5, 0.6) is 5.75 Å². The molecule has 0 unspecified atom stereocenters. The van der Waals surface area contributed by atoms with Crippen LogP contribution in [0.3, 0.4) is 0 Å². The van der Waals surface area contributed by atoms with E-state index in [9.17, 15) is 9.59 Å². The highest BCUT2D eigenvalue weighted by atomic mass is 35.5. The molecule has 256 valence electrons. The predicted octanol–water partition coefficient (Wildman–Crippen LogP) is 8.29. The number of carbonyl (C=O) groups excluding carboxylic acids is 2. The number of thiazole rings is 1. The first kappa shape index (κ1) is 34.6. The molecule has 2 amide bonds.